The lowest BCUT2D eigenvalue weighted by Crippen LogP contribution is -2.18. The molecule has 0 spiro atoms. The highest BCUT2D eigenvalue weighted by Gasteiger charge is 2.07. The van der Waals surface area contributed by atoms with E-state index in [2.05, 4.69) is 28.2 Å². The van der Waals surface area contributed by atoms with Crippen LogP contribution in [0.15, 0.2) is 46.9 Å². The zero-order valence-corrected chi connectivity index (χ0v) is 13.1. The maximum atomic E-state index is 13.1. The van der Waals surface area contributed by atoms with Crippen LogP contribution >= 0.6 is 15.9 Å². The minimum absolute atomic E-state index is 0.194. The fourth-order valence-electron chi connectivity index (χ4n) is 2.10. The van der Waals surface area contributed by atoms with Crippen LogP contribution in [0, 0.1) is 5.82 Å². The topological polar surface area (TPSA) is 21.3 Å². The van der Waals surface area contributed by atoms with Crippen molar-refractivity contribution in [1.82, 2.24) is 0 Å². The van der Waals surface area contributed by atoms with Crippen LogP contribution in [-0.4, -0.2) is 13.2 Å². The summed E-state index contributed by atoms with van der Waals surface area (Å²) in [5.74, 6) is 0.591. The van der Waals surface area contributed by atoms with E-state index in [0.29, 0.717) is 0 Å². The van der Waals surface area contributed by atoms with Crippen molar-refractivity contribution in [2.45, 2.75) is 19.4 Å². The minimum Gasteiger partial charge on any atom is -0.495 e. The van der Waals surface area contributed by atoms with E-state index >= 15 is 0 Å². The molecule has 2 aromatic carbocycles. The number of methoxy groups -OCH3 is 1. The van der Waals surface area contributed by atoms with Crippen LogP contribution in [-0.2, 0) is 6.42 Å². The lowest BCUT2D eigenvalue weighted by atomic mass is 10.1. The van der Waals surface area contributed by atoms with Gasteiger partial charge in [0, 0.05) is 17.8 Å². The number of anilines is 1. The molecule has 0 amide bonds. The Hall–Kier alpha value is -1.55. The monoisotopic (exact) mass is 337 g/mol. The smallest absolute Gasteiger partial charge is 0.135 e. The summed E-state index contributed by atoms with van der Waals surface area (Å²) >= 11 is 3.42. The maximum Gasteiger partial charge on any atom is 0.135 e. The highest BCUT2D eigenvalue weighted by atomic mass is 79.9. The molecular formula is C16H17BrFNO. The van der Waals surface area contributed by atoms with Crippen LogP contribution in [0.25, 0.3) is 0 Å². The van der Waals surface area contributed by atoms with Crippen LogP contribution in [0.5, 0.6) is 5.75 Å². The summed E-state index contributed by atoms with van der Waals surface area (Å²) in [6.45, 7) is 2.07. The van der Waals surface area contributed by atoms with Crippen molar-refractivity contribution in [3.63, 3.8) is 0 Å². The van der Waals surface area contributed by atoms with Gasteiger partial charge in [0.05, 0.1) is 11.6 Å². The number of benzene rings is 2. The van der Waals surface area contributed by atoms with Crippen molar-refractivity contribution in [3.8, 4) is 5.75 Å². The molecule has 2 nitrogen and oxygen atoms in total. The Morgan fingerprint density at radius 2 is 2.05 bits per heavy atom. The summed E-state index contributed by atoms with van der Waals surface area (Å²) in [6, 6.07) is 12.8. The van der Waals surface area contributed by atoms with E-state index < -0.39 is 0 Å². The van der Waals surface area contributed by atoms with Gasteiger partial charge in [-0.3, -0.25) is 0 Å². The second kappa shape index (κ2) is 6.75. The van der Waals surface area contributed by atoms with Gasteiger partial charge in [-0.05, 0) is 59.1 Å². The van der Waals surface area contributed by atoms with Crippen LogP contribution < -0.4 is 10.1 Å². The molecule has 0 aliphatic heterocycles. The first-order valence-electron chi connectivity index (χ1n) is 6.43. The van der Waals surface area contributed by atoms with Crippen LogP contribution in [0.3, 0.4) is 0 Å². The molecule has 2 rings (SSSR count). The van der Waals surface area contributed by atoms with Gasteiger partial charge < -0.3 is 10.1 Å². The number of rotatable bonds is 5. The van der Waals surface area contributed by atoms with Crippen molar-refractivity contribution in [2.75, 3.05) is 12.4 Å². The van der Waals surface area contributed by atoms with Gasteiger partial charge in [0.2, 0.25) is 0 Å². The van der Waals surface area contributed by atoms with Gasteiger partial charge in [0.25, 0.3) is 0 Å². The average molecular weight is 338 g/mol. The predicted molar refractivity (Wildman–Crippen MR) is 83.9 cm³/mol. The van der Waals surface area contributed by atoms with Crippen molar-refractivity contribution in [2.24, 2.45) is 0 Å². The molecule has 0 heterocycles. The maximum absolute atomic E-state index is 13.1. The number of halogens is 2. The zero-order chi connectivity index (χ0) is 14.5. The molecule has 1 unspecified atom stereocenters. The van der Waals surface area contributed by atoms with Crippen LogP contribution in [0.2, 0.25) is 0 Å². The van der Waals surface area contributed by atoms with E-state index in [0.717, 1.165) is 27.9 Å². The normalized spacial score (nSPS) is 12.0. The highest BCUT2D eigenvalue weighted by molar-refractivity contribution is 9.10. The molecule has 106 valence electrons. The van der Waals surface area contributed by atoms with E-state index in [4.69, 9.17) is 4.74 Å². The summed E-state index contributed by atoms with van der Waals surface area (Å²) in [4.78, 5) is 0. The van der Waals surface area contributed by atoms with Crippen molar-refractivity contribution in [3.05, 3.63) is 58.3 Å². The molecule has 1 atom stereocenters. The Labute approximate surface area is 127 Å². The Kier molecular flexibility index (Phi) is 5.01. The van der Waals surface area contributed by atoms with Gasteiger partial charge in [-0.2, -0.15) is 0 Å². The van der Waals surface area contributed by atoms with Crippen molar-refractivity contribution < 1.29 is 9.13 Å². The Morgan fingerprint density at radius 1 is 1.25 bits per heavy atom. The molecule has 1 N–H and O–H groups in total. The highest BCUT2D eigenvalue weighted by Crippen LogP contribution is 2.28. The molecule has 0 radical (unpaired) electrons. The van der Waals surface area contributed by atoms with Gasteiger partial charge in [-0.25, -0.2) is 4.39 Å². The molecule has 20 heavy (non-hydrogen) atoms. The summed E-state index contributed by atoms with van der Waals surface area (Å²) < 4.78 is 19.3. The van der Waals surface area contributed by atoms with E-state index in [9.17, 15) is 4.39 Å². The van der Waals surface area contributed by atoms with Crippen LogP contribution in [0.1, 0.15) is 12.5 Å². The van der Waals surface area contributed by atoms with Gasteiger partial charge >= 0.3 is 0 Å². The Bertz CT molecular complexity index is 588. The van der Waals surface area contributed by atoms with E-state index in [1.54, 1.807) is 19.2 Å². The first-order valence-corrected chi connectivity index (χ1v) is 7.22. The largest absolute Gasteiger partial charge is 0.495 e. The predicted octanol–water partition coefficient (Wildman–Crippen LogP) is 4.64. The SMILES string of the molecule is COc1cc(NC(C)Cc2cccc(F)c2)ccc1Br. The third-order valence-electron chi connectivity index (χ3n) is 3.00. The van der Waals surface area contributed by atoms with E-state index in [1.165, 1.54) is 6.07 Å². The number of nitrogens with one attached hydrogen (secondary N) is 1. The molecule has 0 bridgehead atoms. The molecule has 0 aromatic heterocycles. The molecule has 0 aliphatic rings. The minimum atomic E-state index is -0.194. The standard InChI is InChI=1S/C16H17BrFNO/c1-11(8-12-4-3-5-13(18)9-12)19-14-6-7-15(17)16(10-14)20-2/h3-7,9-11,19H,8H2,1-2H3. The van der Waals surface area contributed by atoms with E-state index in [-0.39, 0.29) is 11.9 Å². The van der Waals surface area contributed by atoms with Crippen molar-refractivity contribution >= 4 is 21.6 Å². The first kappa shape index (κ1) is 14.9. The third kappa shape index (κ3) is 3.97. The second-order valence-electron chi connectivity index (χ2n) is 4.73. The van der Waals surface area contributed by atoms with E-state index in [1.807, 2.05) is 24.3 Å². The lowest BCUT2D eigenvalue weighted by molar-refractivity contribution is 0.412. The quantitative estimate of drug-likeness (QED) is 0.858. The summed E-state index contributed by atoms with van der Waals surface area (Å²) in [7, 11) is 1.64. The molecule has 0 fully saturated rings. The summed E-state index contributed by atoms with van der Waals surface area (Å²) in [5, 5.41) is 3.39. The molecule has 0 aliphatic carbocycles. The number of hydrogen-bond acceptors (Lipinski definition) is 2. The van der Waals surface area contributed by atoms with Gasteiger partial charge in [0.1, 0.15) is 11.6 Å². The summed E-state index contributed by atoms with van der Waals surface area (Å²) in [5.41, 5.74) is 1.96. The third-order valence-corrected chi connectivity index (χ3v) is 3.65. The molecule has 0 saturated carbocycles. The Morgan fingerprint density at radius 3 is 2.75 bits per heavy atom. The second-order valence-corrected chi connectivity index (χ2v) is 5.58. The van der Waals surface area contributed by atoms with Gasteiger partial charge in [-0.15, -0.1) is 0 Å². The first-order chi connectivity index (χ1) is 9.58. The Balaban J connectivity index is 2.02. The van der Waals surface area contributed by atoms with Gasteiger partial charge in [0.15, 0.2) is 0 Å². The molecule has 0 saturated heterocycles. The summed E-state index contributed by atoms with van der Waals surface area (Å²) in [6.07, 6.45) is 0.760. The zero-order valence-electron chi connectivity index (χ0n) is 11.5. The van der Waals surface area contributed by atoms with Gasteiger partial charge in [-0.1, -0.05) is 12.1 Å². The fraction of sp³-hybridized carbons (Fsp3) is 0.250. The molecular weight excluding hydrogens is 321 g/mol. The van der Waals surface area contributed by atoms with Crippen LogP contribution in [0.4, 0.5) is 10.1 Å². The number of ether oxygens (including phenoxy) is 1. The number of hydrogen-bond donors (Lipinski definition) is 1. The molecule has 4 heteroatoms. The van der Waals surface area contributed by atoms with Crippen molar-refractivity contribution in [1.29, 1.82) is 0 Å². The fourth-order valence-corrected chi connectivity index (χ4v) is 2.51. The lowest BCUT2D eigenvalue weighted by Gasteiger charge is -2.16. The average Bonchev–Trinajstić information content (AvgIpc) is 2.41. The molecule has 2 aromatic rings.